The van der Waals surface area contributed by atoms with E-state index in [-0.39, 0.29) is 0 Å². The van der Waals surface area contributed by atoms with E-state index in [1.54, 1.807) is 5.32 Å². The number of primary amides is 1. The maximum absolute atomic E-state index is 11.9. The van der Waals surface area contributed by atoms with E-state index < -0.39 is 29.4 Å². The molecule has 0 bridgehead atoms. The summed E-state index contributed by atoms with van der Waals surface area (Å²) in [6.45, 7) is 4.50. The van der Waals surface area contributed by atoms with Gasteiger partial charge in [-0.2, -0.15) is 13.2 Å². The van der Waals surface area contributed by atoms with Crippen LogP contribution in [-0.4, -0.2) is 24.0 Å². The first kappa shape index (κ1) is 13.7. The molecule has 0 rings (SSSR count). The number of nitrogens with two attached hydrogens (primary N) is 1. The van der Waals surface area contributed by atoms with Crippen molar-refractivity contribution >= 4 is 11.8 Å². The highest BCUT2D eigenvalue weighted by molar-refractivity contribution is 5.89. The molecular formula is C8H13F3N2O2. The number of nitrogens with one attached hydrogen (secondary N) is 1. The van der Waals surface area contributed by atoms with Crippen LogP contribution in [0.4, 0.5) is 13.2 Å². The van der Waals surface area contributed by atoms with Crippen LogP contribution in [-0.2, 0) is 9.59 Å². The quantitative estimate of drug-likeness (QED) is 0.722. The molecule has 4 nitrogen and oxygen atoms in total. The number of hydrogen-bond acceptors (Lipinski definition) is 2. The van der Waals surface area contributed by atoms with Crippen LogP contribution >= 0.6 is 0 Å². The molecule has 0 saturated heterocycles. The Kier molecular flexibility index (Phi) is 3.73. The van der Waals surface area contributed by atoms with Crippen molar-refractivity contribution in [1.29, 1.82) is 0 Å². The van der Waals surface area contributed by atoms with Crippen molar-refractivity contribution in [1.82, 2.24) is 5.32 Å². The molecule has 0 heterocycles. The number of amides is 2. The highest BCUT2D eigenvalue weighted by Gasteiger charge is 2.42. The van der Waals surface area contributed by atoms with E-state index in [0.29, 0.717) is 0 Å². The van der Waals surface area contributed by atoms with Gasteiger partial charge in [0.15, 0.2) is 0 Å². The third-order valence-corrected chi connectivity index (χ3v) is 1.68. The minimum atomic E-state index is -5.01. The third-order valence-electron chi connectivity index (χ3n) is 1.68. The number of carbonyl (C=O) groups excluding carboxylic acids is 2. The van der Waals surface area contributed by atoms with Crippen LogP contribution in [0.1, 0.15) is 20.8 Å². The molecule has 0 aromatic carbocycles. The summed E-state index contributed by atoms with van der Waals surface area (Å²) in [4.78, 5) is 21.4. The lowest BCUT2D eigenvalue weighted by atomic mass is 9.86. The second kappa shape index (κ2) is 4.08. The molecule has 0 saturated carbocycles. The molecule has 0 aromatic heterocycles. The highest BCUT2D eigenvalue weighted by Crippen LogP contribution is 2.21. The zero-order chi connectivity index (χ0) is 12.4. The standard InChI is InChI=1S/C8H13F3N2O2/c1-7(2,3)4(5(12)14)13-6(15)8(9,10)11/h4H,1-3H3,(H2,12,14)(H,13,15)/t4-/m1/s1. The van der Waals surface area contributed by atoms with Gasteiger partial charge in [-0.1, -0.05) is 20.8 Å². The largest absolute Gasteiger partial charge is 0.471 e. The van der Waals surface area contributed by atoms with Crippen LogP contribution in [0, 0.1) is 5.41 Å². The summed E-state index contributed by atoms with van der Waals surface area (Å²) in [6.07, 6.45) is -5.01. The second-order valence-corrected chi connectivity index (χ2v) is 4.17. The van der Waals surface area contributed by atoms with Crippen LogP contribution in [0.5, 0.6) is 0 Å². The Morgan fingerprint density at radius 2 is 1.60 bits per heavy atom. The topological polar surface area (TPSA) is 72.2 Å². The van der Waals surface area contributed by atoms with E-state index in [4.69, 9.17) is 5.73 Å². The lowest BCUT2D eigenvalue weighted by Crippen LogP contribution is -2.55. The smallest absolute Gasteiger partial charge is 0.368 e. The zero-order valence-corrected chi connectivity index (χ0v) is 8.61. The lowest BCUT2D eigenvalue weighted by Gasteiger charge is -2.28. The summed E-state index contributed by atoms with van der Waals surface area (Å²) in [5.41, 5.74) is 4.03. The Balaban J connectivity index is 4.74. The van der Waals surface area contributed by atoms with Gasteiger partial charge in [0, 0.05) is 0 Å². The van der Waals surface area contributed by atoms with Crippen molar-refractivity contribution in [3.63, 3.8) is 0 Å². The summed E-state index contributed by atoms with van der Waals surface area (Å²) in [5, 5.41) is 1.56. The Bertz CT molecular complexity index is 268. The van der Waals surface area contributed by atoms with Gasteiger partial charge in [0.2, 0.25) is 5.91 Å². The highest BCUT2D eigenvalue weighted by atomic mass is 19.4. The molecule has 2 amide bonds. The number of alkyl halides is 3. The van der Waals surface area contributed by atoms with Gasteiger partial charge in [0.05, 0.1) is 0 Å². The van der Waals surface area contributed by atoms with Gasteiger partial charge >= 0.3 is 12.1 Å². The monoisotopic (exact) mass is 226 g/mol. The first-order valence-electron chi connectivity index (χ1n) is 4.13. The van der Waals surface area contributed by atoms with E-state index in [9.17, 15) is 22.8 Å². The average molecular weight is 226 g/mol. The summed E-state index contributed by atoms with van der Waals surface area (Å²) < 4.78 is 35.7. The van der Waals surface area contributed by atoms with Crippen LogP contribution in [0.2, 0.25) is 0 Å². The van der Waals surface area contributed by atoms with Crippen LogP contribution < -0.4 is 11.1 Å². The van der Waals surface area contributed by atoms with Crippen molar-refractivity contribution in [2.24, 2.45) is 11.1 Å². The van der Waals surface area contributed by atoms with Crippen molar-refractivity contribution < 1.29 is 22.8 Å². The minimum Gasteiger partial charge on any atom is -0.368 e. The fourth-order valence-corrected chi connectivity index (χ4v) is 0.927. The minimum absolute atomic E-state index is 0.868. The molecule has 0 aliphatic carbocycles. The fraction of sp³-hybridized carbons (Fsp3) is 0.750. The molecular weight excluding hydrogens is 213 g/mol. The maximum Gasteiger partial charge on any atom is 0.471 e. The van der Waals surface area contributed by atoms with Gasteiger partial charge in [-0.15, -0.1) is 0 Å². The molecule has 0 radical (unpaired) electrons. The van der Waals surface area contributed by atoms with Crippen molar-refractivity contribution in [2.75, 3.05) is 0 Å². The molecule has 0 spiro atoms. The van der Waals surface area contributed by atoms with Crippen molar-refractivity contribution in [3.8, 4) is 0 Å². The molecule has 0 aromatic rings. The van der Waals surface area contributed by atoms with Crippen LogP contribution in [0.15, 0.2) is 0 Å². The number of hydrogen-bond donors (Lipinski definition) is 2. The molecule has 88 valence electrons. The molecule has 0 unspecified atom stereocenters. The predicted molar refractivity (Wildman–Crippen MR) is 46.6 cm³/mol. The molecule has 1 atom stereocenters. The first-order valence-corrected chi connectivity index (χ1v) is 4.13. The van der Waals surface area contributed by atoms with Gasteiger partial charge in [-0.3, -0.25) is 9.59 Å². The number of halogens is 3. The van der Waals surface area contributed by atoms with Gasteiger partial charge < -0.3 is 11.1 Å². The Hall–Kier alpha value is -1.27. The summed E-state index contributed by atoms with van der Waals surface area (Å²) in [6, 6.07) is -1.35. The maximum atomic E-state index is 11.9. The second-order valence-electron chi connectivity index (χ2n) is 4.17. The molecule has 15 heavy (non-hydrogen) atoms. The predicted octanol–water partition coefficient (Wildman–Crippen LogP) is 0.565. The van der Waals surface area contributed by atoms with E-state index in [1.165, 1.54) is 20.8 Å². The van der Waals surface area contributed by atoms with Gasteiger partial charge in [-0.05, 0) is 5.41 Å². The van der Waals surface area contributed by atoms with Gasteiger partial charge in [-0.25, -0.2) is 0 Å². The molecule has 0 aliphatic heterocycles. The summed E-state index contributed by atoms with van der Waals surface area (Å²) in [7, 11) is 0. The Morgan fingerprint density at radius 3 is 1.80 bits per heavy atom. The van der Waals surface area contributed by atoms with Crippen molar-refractivity contribution in [3.05, 3.63) is 0 Å². The lowest BCUT2D eigenvalue weighted by molar-refractivity contribution is -0.175. The zero-order valence-electron chi connectivity index (χ0n) is 8.61. The normalized spacial score (nSPS) is 14.5. The van der Waals surface area contributed by atoms with Gasteiger partial charge in [0.25, 0.3) is 0 Å². The molecule has 0 aliphatic rings. The molecule has 7 heteroatoms. The Labute approximate surface area is 85.0 Å². The van der Waals surface area contributed by atoms with Crippen LogP contribution in [0.25, 0.3) is 0 Å². The summed E-state index contributed by atoms with van der Waals surface area (Å²) >= 11 is 0. The average Bonchev–Trinajstić information content (AvgIpc) is 1.94. The van der Waals surface area contributed by atoms with Crippen molar-refractivity contribution in [2.45, 2.75) is 33.0 Å². The van der Waals surface area contributed by atoms with E-state index >= 15 is 0 Å². The van der Waals surface area contributed by atoms with E-state index in [2.05, 4.69) is 0 Å². The number of rotatable bonds is 2. The van der Waals surface area contributed by atoms with Crippen LogP contribution in [0.3, 0.4) is 0 Å². The summed E-state index contributed by atoms with van der Waals surface area (Å²) in [5.74, 6) is -3.17. The van der Waals surface area contributed by atoms with E-state index in [0.717, 1.165) is 0 Å². The van der Waals surface area contributed by atoms with Gasteiger partial charge in [0.1, 0.15) is 6.04 Å². The third kappa shape index (κ3) is 4.18. The molecule has 3 N–H and O–H groups in total. The number of carbonyl (C=O) groups is 2. The Morgan fingerprint density at radius 1 is 1.20 bits per heavy atom. The molecule has 0 fully saturated rings. The van der Waals surface area contributed by atoms with E-state index in [1.807, 2.05) is 0 Å². The first-order chi connectivity index (χ1) is 6.46. The SMILES string of the molecule is CC(C)(C)[C@H](NC(=O)C(F)(F)F)C(N)=O. The fourth-order valence-electron chi connectivity index (χ4n) is 0.927.